The van der Waals surface area contributed by atoms with E-state index in [1.807, 2.05) is 51.1 Å². The molecule has 1 N–H and O–H groups in total. The number of carbonyl (C=O) groups is 2. The molecule has 4 rings (SSSR count). The van der Waals surface area contributed by atoms with Crippen molar-refractivity contribution in [1.29, 1.82) is 0 Å². The molecule has 7 nitrogen and oxygen atoms in total. The Morgan fingerprint density at radius 3 is 2.11 bits per heavy atom. The van der Waals surface area contributed by atoms with Gasteiger partial charge in [0.25, 0.3) is 10.0 Å². The second-order valence-electron chi connectivity index (χ2n) is 11.5. The van der Waals surface area contributed by atoms with Crippen LogP contribution in [0.2, 0.25) is 15.1 Å². The van der Waals surface area contributed by atoms with Crippen molar-refractivity contribution in [2.75, 3.05) is 10.8 Å². The van der Waals surface area contributed by atoms with Gasteiger partial charge >= 0.3 is 0 Å². The van der Waals surface area contributed by atoms with Gasteiger partial charge in [-0.1, -0.05) is 95.8 Å². The van der Waals surface area contributed by atoms with Gasteiger partial charge in [-0.05, 0) is 86.3 Å². The van der Waals surface area contributed by atoms with Gasteiger partial charge < -0.3 is 10.2 Å². The van der Waals surface area contributed by atoms with Crippen molar-refractivity contribution >= 4 is 62.3 Å². The number of amides is 2. The Hall–Kier alpha value is -3.56. The van der Waals surface area contributed by atoms with Gasteiger partial charge in [-0.3, -0.25) is 13.9 Å². The minimum absolute atomic E-state index is 0.0212. The molecule has 0 aliphatic carbocycles. The summed E-state index contributed by atoms with van der Waals surface area (Å²) in [6.45, 7) is 6.77. The molecular weight excluding hydrogens is 677 g/mol. The second-order valence-corrected chi connectivity index (χ2v) is 14.7. The summed E-state index contributed by atoms with van der Waals surface area (Å²) >= 11 is 19.0. The van der Waals surface area contributed by atoms with Gasteiger partial charge in [0.05, 0.1) is 10.6 Å². The first-order chi connectivity index (χ1) is 22.3. The first kappa shape index (κ1) is 36.3. The molecule has 0 saturated carbocycles. The molecule has 4 aromatic rings. The lowest BCUT2D eigenvalue weighted by Crippen LogP contribution is -2.54. The fraction of sp³-hybridized carbons (Fsp3) is 0.278. The number of nitrogens with zero attached hydrogens (tertiary/aromatic N) is 2. The van der Waals surface area contributed by atoms with Crippen LogP contribution >= 0.6 is 34.8 Å². The summed E-state index contributed by atoms with van der Waals surface area (Å²) < 4.78 is 29.6. The van der Waals surface area contributed by atoms with Crippen LogP contribution in [0.1, 0.15) is 42.5 Å². The highest BCUT2D eigenvalue weighted by atomic mass is 35.5. The fourth-order valence-corrected chi connectivity index (χ4v) is 7.25. The highest BCUT2D eigenvalue weighted by molar-refractivity contribution is 7.92. The van der Waals surface area contributed by atoms with E-state index >= 15 is 0 Å². The molecule has 11 heteroatoms. The zero-order valence-electron chi connectivity index (χ0n) is 26.7. The van der Waals surface area contributed by atoms with Crippen LogP contribution in [-0.4, -0.2) is 43.8 Å². The average Bonchev–Trinajstić information content (AvgIpc) is 3.03. The molecule has 2 amide bonds. The highest BCUT2D eigenvalue weighted by Crippen LogP contribution is 2.30. The minimum atomic E-state index is -4.25. The fourth-order valence-electron chi connectivity index (χ4n) is 5.08. The van der Waals surface area contributed by atoms with Crippen molar-refractivity contribution < 1.29 is 18.0 Å². The lowest BCUT2D eigenvalue weighted by molar-refractivity contribution is -0.140. The number of anilines is 1. The van der Waals surface area contributed by atoms with Gasteiger partial charge in [-0.25, -0.2) is 8.42 Å². The number of hydrogen-bond acceptors (Lipinski definition) is 4. The predicted molar refractivity (Wildman–Crippen MR) is 191 cm³/mol. The van der Waals surface area contributed by atoms with Gasteiger partial charge in [0.2, 0.25) is 11.8 Å². The third-order valence-corrected chi connectivity index (χ3v) is 10.5. The van der Waals surface area contributed by atoms with Crippen molar-refractivity contribution in [3.63, 3.8) is 0 Å². The lowest BCUT2D eigenvalue weighted by atomic mass is 10.0. The van der Waals surface area contributed by atoms with Gasteiger partial charge in [0.1, 0.15) is 12.6 Å². The number of hydrogen-bond donors (Lipinski definition) is 1. The minimum Gasteiger partial charge on any atom is -0.352 e. The van der Waals surface area contributed by atoms with E-state index in [4.69, 9.17) is 34.8 Å². The summed E-state index contributed by atoms with van der Waals surface area (Å²) in [5.74, 6) is -0.960. The maximum atomic E-state index is 14.7. The Labute approximate surface area is 292 Å². The Kier molecular flexibility index (Phi) is 12.4. The Bertz CT molecular complexity index is 1820. The topological polar surface area (TPSA) is 86.8 Å². The van der Waals surface area contributed by atoms with Crippen LogP contribution in [0.15, 0.2) is 95.9 Å². The van der Waals surface area contributed by atoms with Crippen LogP contribution in [0.25, 0.3) is 0 Å². The van der Waals surface area contributed by atoms with Gasteiger partial charge in [0, 0.05) is 34.1 Å². The maximum absolute atomic E-state index is 14.7. The molecule has 0 aliphatic rings. The summed E-state index contributed by atoms with van der Waals surface area (Å²) in [4.78, 5) is 30.1. The van der Waals surface area contributed by atoms with Gasteiger partial charge in [-0.2, -0.15) is 0 Å². The number of halogens is 3. The molecule has 2 atom stereocenters. The number of nitrogens with one attached hydrogen (secondary N) is 1. The third kappa shape index (κ3) is 9.29. The molecule has 248 valence electrons. The van der Waals surface area contributed by atoms with Crippen molar-refractivity contribution in [3.05, 3.63) is 128 Å². The number of carbonyl (C=O) groups excluding carboxylic acids is 2. The number of rotatable bonds is 13. The van der Waals surface area contributed by atoms with Crippen molar-refractivity contribution in [3.8, 4) is 0 Å². The van der Waals surface area contributed by atoms with E-state index in [0.717, 1.165) is 15.4 Å². The summed E-state index contributed by atoms with van der Waals surface area (Å²) in [6, 6.07) is 24.3. The molecule has 0 heterocycles. The average molecular weight is 715 g/mol. The highest BCUT2D eigenvalue weighted by Gasteiger charge is 2.35. The van der Waals surface area contributed by atoms with Crippen LogP contribution in [0.3, 0.4) is 0 Å². The van der Waals surface area contributed by atoms with E-state index in [2.05, 4.69) is 5.32 Å². The molecule has 0 aromatic heterocycles. The van der Waals surface area contributed by atoms with Crippen LogP contribution in [0.5, 0.6) is 0 Å². The molecule has 0 fully saturated rings. The molecule has 0 saturated heterocycles. The van der Waals surface area contributed by atoms with Crippen LogP contribution in [0, 0.1) is 13.8 Å². The van der Waals surface area contributed by atoms with E-state index in [9.17, 15) is 18.0 Å². The summed E-state index contributed by atoms with van der Waals surface area (Å²) in [5, 5.41) is 4.18. The maximum Gasteiger partial charge on any atom is 0.264 e. The number of sulfonamides is 1. The van der Waals surface area contributed by atoms with Crippen molar-refractivity contribution in [1.82, 2.24) is 10.2 Å². The molecule has 0 aliphatic heterocycles. The quantitative estimate of drug-likeness (QED) is 0.152. The molecule has 47 heavy (non-hydrogen) atoms. The standard InChI is InChI=1S/C36H38Cl3N3O4S/c1-5-26(4)40-36(44)34(20-27-9-7-6-8-10-27)41(22-28-13-14-30(38)21-32(28)39)35(43)23-42(33-18-15-29(37)19-25(33)3)47(45,46)31-16-11-24(2)12-17-31/h6-19,21,26,34H,5,20,22-23H2,1-4H3,(H,40,44)/t26-,34+/m0/s1. The Morgan fingerprint density at radius 1 is 0.851 bits per heavy atom. The van der Waals surface area contributed by atoms with Gasteiger partial charge in [-0.15, -0.1) is 0 Å². The predicted octanol–water partition coefficient (Wildman–Crippen LogP) is 8.01. The SMILES string of the molecule is CC[C@H](C)NC(=O)[C@@H](Cc1ccccc1)N(Cc1ccc(Cl)cc1Cl)C(=O)CN(c1ccc(Cl)cc1C)S(=O)(=O)c1ccc(C)cc1. The lowest BCUT2D eigenvalue weighted by Gasteiger charge is -2.34. The second kappa shape index (κ2) is 16.0. The first-order valence-corrected chi connectivity index (χ1v) is 17.8. The Balaban J connectivity index is 1.85. The summed E-state index contributed by atoms with van der Waals surface area (Å²) in [7, 11) is -4.25. The number of aryl methyl sites for hydroxylation is 2. The zero-order valence-corrected chi connectivity index (χ0v) is 29.8. The summed E-state index contributed by atoms with van der Waals surface area (Å²) in [5.41, 5.74) is 3.11. The van der Waals surface area contributed by atoms with E-state index in [0.29, 0.717) is 32.6 Å². The third-order valence-electron chi connectivity index (χ3n) is 7.94. The molecule has 0 unspecified atom stereocenters. The normalized spacial score (nSPS) is 12.7. The molecular formula is C36H38Cl3N3O4S. The van der Waals surface area contributed by atoms with Crippen LogP contribution < -0.4 is 9.62 Å². The molecule has 4 aromatic carbocycles. The van der Waals surface area contributed by atoms with Gasteiger partial charge in [0.15, 0.2) is 0 Å². The zero-order chi connectivity index (χ0) is 34.3. The van der Waals surface area contributed by atoms with E-state index in [-0.39, 0.29) is 35.5 Å². The smallest absolute Gasteiger partial charge is 0.264 e. The molecule has 0 spiro atoms. The van der Waals surface area contributed by atoms with Crippen molar-refractivity contribution in [2.45, 2.75) is 64.1 Å². The summed E-state index contributed by atoms with van der Waals surface area (Å²) in [6.07, 6.45) is 0.865. The molecule has 0 bridgehead atoms. The Morgan fingerprint density at radius 2 is 1.49 bits per heavy atom. The van der Waals surface area contributed by atoms with E-state index in [1.54, 1.807) is 55.5 Å². The monoisotopic (exact) mass is 713 g/mol. The number of benzene rings is 4. The van der Waals surface area contributed by atoms with Crippen LogP contribution in [-0.2, 0) is 32.6 Å². The van der Waals surface area contributed by atoms with Crippen molar-refractivity contribution in [2.24, 2.45) is 0 Å². The van der Waals surface area contributed by atoms with E-state index < -0.39 is 28.5 Å². The van der Waals surface area contributed by atoms with E-state index in [1.165, 1.54) is 17.0 Å². The van der Waals surface area contributed by atoms with Crippen LogP contribution in [0.4, 0.5) is 5.69 Å². The first-order valence-electron chi connectivity index (χ1n) is 15.2. The molecule has 0 radical (unpaired) electrons. The largest absolute Gasteiger partial charge is 0.352 e.